The fourth-order valence-corrected chi connectivity index (χ4v) is 2.91. The minimum atomic E-state index is -0.812. The van der Waals surface area contributed by atoms with Crippen molar-refractivity contribution in [3.05, 3.63) is 0 Å². The molecule has 2 heterocycles. The molecule has 2 N–H and O–H groups in total. The number of nitrogens with zero attached hydrogens (tertiary/aromatic N) is 2. The van der Waals surface area contributed by atoms with Crippen LogP contribution in [0.2, 0.25) is 0 Å². The minimum absolute atomic E-state index is 0.0559. The second kappa shape index (κ2) is 6.54. The molecule has 6 nitrogen and oxygen atoms in total. The molecule has 0 spiro atoms. The van der Waals surface area contributed by atoms with Crippen molar-refractivity contribution < 1.29 is 14.6 Å². The third kappa shape index (κ3) is 3.58. The third-order valence-corrected chi connectivity index (χ3v) is 4.17. The Balaban J connectivity index is 1.89. The van der Waals surface area contributed by atoms with Crippen LogP contribution in [0.1, 0.15) is 20.3 Å². The van der Waals surface area contributed by atoms with E-state index in [9.17, 15) is 9.90 Å². The first-order valence-electron chi connectivity index (χ1n) is 7.16. The van der Waals surface area contributed by atoms with Gasteiger partial charge < -0.3 is 20.1 Å². The molecule has 6 heteroatoms. The zero-order valence-corrected chi connectivity index (χ0v) is 11.8. The van der Waals surface area contributed by atoms with E-state index in [4.69, 9.17) is 4.74 Å². The van der Waals surface area contributed by atoms with E-state index in [1.165, 1.54) is 0 Å². The minimum Gasteiger partial charge on any atom is -0.465 e. The number of carbonyl (C=O) groups is 1. The lowest BCUT2D eigenvalue weighted by molar-refractivity contribution is -0.0169. The van der Waals surface area contributed by atoms with Crippen molar-refractivity contribution in [2.45, 2.75) is 38.4 Å². The number of hydrogen-bond acceptors (Lipinski definition) is 4. The number of nitrogens with one attached hydrogen (secondary N) is 1. The van der Waals surface area contributed by atoms with Crippen molar-refractivity contribution in [1.29, 1.82) is 0 Å². The van der Waals surface area contributed by atoms with E-state index in [-0.39, 0.29) is 12.1 Å². The van der Waals surface area contributed by atoms with Crippen LogP contribution in [0.15, 0.2) is 0 Å². The van der Waals surface area contributed by atoms with Crippen molar-refractivity contribution in [3.8, 4) is 0 Å². The topological polar surface area (TPSA) is 65.0 Å². The predicted molar refractivity (Wildman–Crippen MR) is 72.5 cm³/mol. The number of rotatable bonds is 3. The summed E-state index contributed by atoms with van der Waals surface area (Å²) >= 11 is 0. The molecule has 2 rings (SSSR count). The van der Waals surface area contributed by atoms with Gasteiger partial charge >= 0.3 is 6.09 Å². The summed E-state index contributed by atoms with van der Waals surface area (Å²) in [6.07, 6.45) is 0.263. The number of hydrogen-bond donors (Lipinski definition) is 2. The summed E-state index contributed by atoms with van der Waals surface area (Å²) in [5, 5.41) is 12.7. The highest BCUT2D eigenvalue weighted by Gasteiger charge is 2.31. The fraction of sp³-hybridized carbons (Fsp3) is 0.923. The van der Waals surface area contributed by atoms with Gasteiger partial charge in [0.25, 0.3) is 0 Å². The van der Waals surface area contributed by atoms with E-state index in [2.05, 4.69) is 17.1 Å². The highest BCUT2D eigenvalue weighted by molar-refractivity contribution is 5.65. The first-order chi connectivity index (χ1) is 9.11. The van der Waals surface area contributed by atoms with Gasteiger partial charge in [0.2, 0.25) is 0 Å². The maximum Gasteiger partial charge on any atom is 0.407 e. The van der Waals surface area contributed by atoms with Crippen molar-refractivity contribution in [2.75, 3.05) is 39.4 Å². The van der Waals surface area contributed by atoms with E-state index in [1.54, 1.807) is 4.90 Å². The zero-order chi connectivity index (χ0) is 13.8. The molecule has 2 saturated heterocycles. The Bertz CT molecular complexity index is 314. The highest BCUT2D eigenvalue weighted by atomic mass is 16.5. The molecule has 2 aliphatic rings. The maximum absolute atomic E-state index is 11.2. The molecule has 1 unspecified atom stereocenters. The summed E-state index contributed by atoms with van der Waals surface area (Å²) in [7, 11) is 0. The van der Waals surface area contributed by atoms with Gasteiger partial charge in [-0.25, -0.2) is 4.79 Å². The molecule has 0 radical (unpaired) electrons. The second-order valence-corrected chi connectivity index (χ2v) is 5.52. The standard InChI is InChI=1S/C13H25N3O3/c1-3-12-9-19-5-4-15(12)7-11-8-16(13(17)18)10(2)6-14-11/h10-12,14H,3-9H2,1-2H3,(H,17,18)/t10-,11+,12?/m1/s1. The lowest BCUT2D eigenvalue weighted by atomic mass is 10.1. The van der Waals surface area contributed by atoms with Crippen molar-refractivity contribution in [2.24, 2.45) is 0 Å². The van der Waals surface area contributed by atoms with Crippen LogP contribution < -0.4 is 5.32 Å². The van der Waals surface area contributed by atoms with Crippen LogP contribution in [0.3, 0.4) is 0 Å². The predicted octanol–water partition coefficient (Wildman–Crippen LogP) is 0.438. The van der Waals surface area contributed by atoms with Gasteiger partial charge in [-0.1, -0.05) is 6.92 Å². The Morgan fingerprint density at radius 2 is 2.32 bits per heavy atom. The summed E-state index contributed by atoms with van der Waals surface area (Å²) in [4.78, 5) is 15.2. The van der Waals surface area contributed by atoms with E-state index in [0.717, 1.165) is 39.3 Å². The average molecular weight is 271 g/mol. The molecule has 0 aromatic rings. The Labute approximate surface area is 114 Å². The van der Waals surface area contributed by atoms with Crippen LogP contribution >= 0.6 is 0 Å². The monoisotopic (exact) mass is 271 g/mol. The van der Waals surface area contributed by atoms with Gasteiger partial charge in [-0.15, -0.1) is 0 Å². The lowest BCUT2D eigenvalue weighted by Crippen LogP contribution is -2.61. The SMILES string of the molecule is CCC1COCCN1C[C@H]1CN(C(=O)O)[C@H](C)CN1. The first-order valence-corrected chi connectivity index (χ1v) is 7.16. The van der Waals surface area contributed by atoms with Gasteiger partial charge in [0.15, 0.2) is 0 Å². The number of carboxylic acid groups (broad SMARTS) is 1. The van der Waals surface area contributed by atoms with Crippen LogP contribution in [0.25, 0.3) is 0 Å². The largest absolute Gasteiger partial charge is 0.465 e. The molecule has 2 aliphatic heterocycles. The summed E-state index contributed by atoms with van der Waals surface area (Å²) < 4.78 is 5.50. The molecule has 0 aromatic carbocycles. The van der Waals surface area contributed by atoms with E-state index in [1.807, 2.05) is 6.92 Å². The number of piperazine rings is 1. The van der Waals surface area contributed by atoms with Gasteiger partial charge in [0.1, 0.15) is 0 Å². The van der Waals surface area contributed by atoms with Crippen LogP contribution in [0.4, 0.5) is 4.79 Å². The van der Waals surface area contributed by atoms with Crippen molar-refractivity contribution in [3.63, 3.8) is 0 Å². The molecule has 2 fully saturated rings. The maximum atomic E-state index is 11.2. The van der Waals surface area contributed by atoms with Gasteiger partial charge in [-0.3, -0.25) is 4.90 Å². The number of amides is 1. The smallest absolute Gasteiger partial charge is 0.407 e. The van der Waals surface area contributed by atoms with E-state index in [0.29, 0.717) is 12.6 Å². The zero-order valence-electron chi connectivity index (χ0n) is 11.8. The quantitative estimate of drug-likeness (QED) is 0.779. The third-order valence-electron chi connectivity index (χ3n) is 4.17. The first kappa shape index (κ1) is 14.6. The Morgan fingerprint density at radius 3 is 3.00 bits per heavy atom. The van der Waals surface area contributed by atoms with E-state index >= 15 is 0 Å². The molecule has 1 amide bonds. The lowest BCUT2D eigenvalue weighted by Gasteiger charge is -2.42. The summed E-state index contributed by atoms with van der Waals surface area (Å²) in [6, 6.07) is 0.744. The van der Waals surface area contributed by atoms with Crippen LogP contribution in [-0.4, -0.2) is 78.5 Å². The summed E-state index contributed by atoms with van der Waals surface area (Å²) in [6.45, 7) is 8.85. The van der Waals surface area contributed by atoms with Crippen LogP contribution in [0.5, 0.6) is 0 Å². The fourth-order valence-electron chi connectivity index (χ4n) is 2.91. The molecule has 0 saturated carbocycles. The Morgan fingerprint density at radius 1 is 1.53 bits per heavy atom. The average Bonchev–Trinajstić information content (AvgIpc) is 2.41. The number of ether oxygens (including phenoxy) is 1. The van der Waals surface area contributed by atoms with Gasteiger partial charge in [0.05, 0.1) is 13.2 Å². The van der Waals surface area contributed by atoms with Gasteiger partial charge in [0, 0.05) is 44.3 Å². The molecule has 0 aliphatic carbocycles. The van der Waals surface area contributed by atoms with Crippen molar-refractivity contribution in [1.82, 2.24) is 15.1 Å². The van der Waals surface area contributed by atoms with Crippen LogP contribution in [0, 0.1) is 0 Å². The molecular weight excluding hydrogens is 246 g/mol. The number of morpholine rings is 1. The molecule has 110 valence electrons. The highest BCUT2D eigenvalue weighted by Crippen LogP contribution is 2.13. The summed E-state index contributed by atoms with van der Waals surface area (Å²) in [5.74, 6) is 0. The van der Waals surface area contributed by atoms with Crippen LogP contribution in [-0.2, 0) is 4.74 Å². The van der Waals surface area contributed by atoms with E-state index < -0.39 is 6.09 Å². The Kier molecular flexibility index (Phi) is 5.01. The molecule has 19 heavy (non-hydrogen) atoms. The molecule has 0 bridgehead atoms. The summed E-state index contributed by atoms with van der Waals surface area (Å²) in [5.41, 5.74) is 0. The molecule has 0 aromatic heterocycles. The normalized spacial score (nSPS) is 33.4. The molecular formula is C13H25N3O3. The Hall–Kier alpha value is -0.850. The van der Waals surface area contributed by atoms with Gasteiger partial charge in [-0.05, 0) is 13.3 Å². The van der Waals surface area contributed by atoms with Crippen molar-refractivity contribution >= 4 is 6.09 Å². The van der Waals surface area contributed by atoms with Gasteiger partial charge in [-0.2, -0.15) is 0 Å². The molecule has 3 atom stereocenters. The second-order valence-electron chi connectivity index (χ2n) is 5.52.